The Kier molecular flexibility index (Phi) is 3.98. The molecule has 0 unspecified atom stereocenters. The molecule has 6 heteroatoms. The Morgan fingerprint density at radius 2 is 2.31 bits per heavy atom. The van der Waals surface area contributed by atoms with E-state index in [4.69, 9.17) is 5.73 Å². The summed E-state index contributed by atoms with van der Waals surface area (Å²) < 4.78 is 0. The van der Waals surface area contributed by atoms with Crippen LogP contribution in [0.5, 0.6) is 0 Å². The molecule has 1 saturated heterocycles. The highest BCUT2D eigenvalue weighted by atomic mass is 32.2. The first-order valence-corrected chi connectivity index (χ1v) is 6.41. The number of thioether (sulfide) groups is 1. The highest BCUT2D eigenvalue weighted by molar-refractivity contribution is 7.99. The van der Waals surface area contributed by atoms with Crippen LogP contribution >= 0.6 is 11.8 Å². The van der Waals surface area contributed by atoms with Crippen LogP contribution in [0.2, 0.25) is 0 Å². The molecule has 0 amide bonds. The predicted octanol–water partition coefficient (Wildman–Crippen LogP) is 0.340. The Morgan fingerprint density at radius 1 is 1.50 bits per heavy atom. The Morgan fingerprint density at radius 3 is 3.00 bits per heavy atom. The van der Waals surface area contributed by atoms with Gasteiger partial charge in [-0.1, -0.05) is 0 Å². The molecule has 1 fully saturated rings. The number of aliphatic imine (C=N–C) groups is 1. The zero-order chi connectivity index (χ0) is 11.2. The summed E-state index contributed by atoms with van der Waals surface area (Å²) >= 11 is 1.96. The molecule has 2 N–H and O–H groups in total. The van der Waals surface area contributed by atoms with Gasteiger partial charge in [-0.05, 0) is 12.1 Å². The SMILES string of the molecule is NC(=NCc1cccnn1)N1CCSCC1. The normalized spacial score (nSPS) is 17.5. The maximum atomic E-state index is 5.91. The molecule has 0 radical (unpaired) electrons. The van der Waals surface area contributed by atoms with Crippen LogP contribution in [0.3, 0.4) is 0 Å². The van der Waals surface area contributed by atoms with Crippen molar-refractivity contribution < 1.29 is 0 Å². The summed E-state index contributed by atoms with van der Waals surface area (Å²) in [4.78, 5) is 6.44. The van der Waals surface area contributed by atoms with Gasteiger partial charge in [-0.2, -0.15) is 22.0 Å². The summed E-state index contributed by atoms with van der Waals surface area (Å²) in [6.07, 6.45) is 1.65. The van der Waals surface area contributed by atoms with Crippen LogP contribution in [0.4, 0.5) is 0 Å². The minimum atomic E-state index is 0.503. The van der Waals surface area contributed by atoms with E-state index in [1.807, 2.05) is 23.9 Å². The van der Waals surface area contributed by atoms with Gasteiger partial charge in [-0.3, -0.25) is 0 Å². The van der Waals surface area contributed by atoms with Crippen LogP contribution in [-0.4, -0.2) is 45.7 Å². The monoisotopic (exact) mass is 237 g/mol. The molecule has 0 bridgehead atoms. The number of nitrogens with zero attached hydrogens (tertiary/aromatic N) is 4. The van der Waals surface area contributed by atoms with Gasteiger partial charge in [0.05, 0.1) is 12.2 Å². The molecule has 0 spiro atoms. The highest BCUT2D eigenvalue weighted by Gasteiger charge is 2.11. The van der Waals surface area contributed by atoms with E-state index in [0.717, 1.165) is 30.3 Å². The van der Waals surface area contributed by atoms with Crippen LogP contribution in [0.1, 0.15) is 5.69 Å². The van der Waals surface area contributed by atoms with E-state index in [2.05, 4.69) is 20.1 Å². The number of rotatable bonds is 2. The van der Waals surface area contributed by atoms with Crippen molar-refractivity contribution in [3.05, 3.63) is 24.0 Å². The second kappa shape index (κ2) is 5.69. The van der Waals surface area contributed by atoms with Crippen LogP contribution < -0.4 is 5.73 Å². The van der Waals surface area contributed by atoms with E-state index in [0.29, 0.717) is 12.5 Å². The van der Waals surface area contributed by atoms with Crippen LogP contribution in [0.25, 0.3) is 0 Å². The first-order valence-electron chi connectivity index (χ1n) is 5.25. The van der Waals surface area contributed by atoms with E-state index < -0.39 is 0 Å². The largest absolute Gasteiger partial charge is 0.370 e. The average Bonchev–Trinajstić information content (AvgIpc) is 2.38. The summed E-state index contributed by atoms with van der Waals surface area (Å²) in [5.41, 5.74) is 6.76. The molecule has 0 aliphatic carbocycles. The minimum Gasteiger partial charge on any atom is -0.370 e. The fraction of sp³-hybridized carbons (Fsp3) is 0.500. The van der Waals surface area contributed by atoms with Gasteiger partial charge in [-0.25, -0.2) is 4.99 Å². The molecule has 0 aromatic carbocycles. The number of nitrogens with two attached hydrogens (primary N) is 1. The summed E-state index contributed by atoms with van der Waals surface area (Å²) in [5.74, 6) is 2.87. The lowest BCUT2D eigenvalue weighted by Gasteiger charge is -2.27. The fourth-order valence-corrected chi connectivity index (χ4v) is 2.38. The molecular weight excluding hydrogens is 222 g/mol. The number of guanidine groups is 1. The number of hydrogen-bond donors (Lipinski definition) is 1. The third-order valence-electron chi connectivity index (χ3n) is 2.37. The third-order valence-corrected chi connectivity index (χ3v) is 3.31. The first kappa shape index (κ1) is 11.2. The Bertz CT molecular complexity index is 347. The summed E-state index contributed by atoms with van der Waals surface area (Å²) in [6, 6.07) is 3.75. The van der Waals surface area contributed by atoms with Gasteiger partial charge >= 0.3 is 0 Å². The molecule has 0 saturated carbocycles. The van der Waals surface area contributed by atoms with Crippen molar-refractivity contribution in [2.75, 3.05) is 24.6 Å². The summed E-state index contributed by atoms with van der Waals surface area (Å²) in [6.45, 7) is 2.48. The van der Waals surface area contributed by atoms with Crippen molar-refractivity contribution in [1.82, 2.24) is 15.1 Å². The van der Waals surface area contributed by atoms with Gasteiger partial charge in [0.25, 0.3) is 0 Å². The first-order chi connectivity index (χ1) is 7.86. The number of hydrogen-bond acceptors (Lipinski definition) is 4. The Labute approximate surface area is 99.1 Å². The maximum Gasteiger partial charge on any atom is 0.191 e. The lowest BCUT2D eigenvalue weighted by atomic mass is 10.4. The molecule has 16 heavy (non-hydrogen) atoms. The zero-order valence-corrected chi connectivity index (χ0v) is 9.86. The molecular formula is C10H15N5S. The van der Waals surface area contributed by atoms with Gasteiger partial charge in [-0.15, -0.1) is 0 Å². The third kappa shape index (κ3) is 3.10. The van der Waals surface area contributed by atoms with Crippen molar-refractivity contribution >= 4 is 17.7 Å². The molecule has 1 aliphatic rings. The number of aromatic nitrogens is 2. The van der Waals surface area contributed by atoms with Gasteiger partial charge in [0.15, 0.2) is 5.96 Å². The van der Waals surface area contributed by atoms with Crippen molar-refractivity contribution in [2.24, 2.45) is 10.7 Å². The predicted molar refractivity (Wildman–Crippen MR) is 66.3 cm³/mol. The lowest BCUT2D eigenvalue weighted by molar-refractivity contribution is 0.455. The Hall–Kier alpha value is -1.30. The van der Waals surface area contributed by atoms with Gasteiger partial charge in [0.1, 0.15) is 0 Å². The van der Waals surface area contributed by atoms with Crippen LogP contribution in [0.15, 0.2) is 23.3 Å². The van der Waals surface area contributed by atoms with Gasteiger partial charge in [0.2, 0.25) is 0 Å². The van der Waals surface area contributed by atoms with Crippen LogP contribution in [0, 0.1) is 0 Å². The molecule has 5 nitrogen and oxygen atoms in total. The standard InChI is InChI=1S/C10H15N5S/c11-10(15-4-6-16-7-5-15)12-8-9-2-1-3-13-14-9/h1-3H,4-8H2,(H2,11,12). The van der Waals surface area contributed by atoms with Gasteiger partial charge in [0, 0.05) is 30.8 Å². The molecule has 2 rings (SSSR count). The van der Waals surface area contributed by atoms with Crippen molar-refractivity contribution in [3.8, 4) is 0 Å². The average molecular weight is 237 g/mol. The highest BCUT2D eigenvalue weighted by Crippen LogP contribution is 2.08. The molecule has 2 heterocycles. The fourth-order valence-electron chi connectivity index (χ4n) is 1.47. The van der Waals surface area contributed by atoms with E-state index in [1.54, 1.807) is 6.20 Å². The molecule has 1 aliphatic heterocycles. The summed E-state index contributed by atoms with van der Waals surface area (Å²) in [7, 11) is 0. The van der Waals surface area contributed by atoms with Crippen LogP contribution in [-0.2, 0) is 6.54 Å². The van der Waals surface area contributed by atoms with E-state index in [-0.39, 0.29) is 0 Å². The quantitative estimate of drug-likeness (QED) is 0.593. The van der Waals surface area contributed by atoms with Crippen molar-refractivity contribution in [1.29, 1.82) is 0 Å². The van der Waals surface area contributed by atoms with Crippen molar-refractivity contribution in [3.63, 3.8) is 0 Å². The van der Waals surface area contributed by atoms with Crippen molar-refractivity contribution in [2.45, 2.75) is 6.54 Å². The maximum absolute atomic E-state index is 5.91. The topological polar surface area (TPSA) is 67.4 Å². The summed E-state index contributed by atoms with van der Waals surface area (Å²) in [5, 5.41) is 7.76. The van der Waals surface area contributed by atoms with E-state index in [9.17, 15) is 0 Å². The zero-order valence-electron chi connectivity index (χ0n) is 9.04. The molecule has 1 aromatic heterocycles. The van der Waals surface area contributed by atoms with Gasteiger partial charge < -0.3 is 10.6 Å². The van der Waals surface area contributed by atoms with E-state index in [1.165, 1.54) is 0 Å². The molecule has 0 atom stereocenters. The van der Waals surface area contributed by atoms with E-state index >= 15 is 0 Å². The second-order valence-electron chi connectivity index (χ2n) is 3.49. The Balaban J connectivity index is 1.91. The molecule has 86 valence electrons. The molecule has 1 aromatic rings. The smallest absolute Gasteiger partial charge is 0.191 e. The second-order valence-corrected chi connectivity index (χ2v) is 4.71. The minimum absolute atomic E-state index is 0.503. The lowest BCUT2D eigenvalue weighted by Crippen LogP contribution is -2.42.